The first kappa shape index (κ1) is 23.7. The molecule has 0 bridgehead atoms. The summed E-state index contributed by atoms with van der Waals surface area (Å²) in [5.41, 5.74) is 2.45. The third-order valence-corrected chi connectivity index (χ3v) is 6.10. The quantitative estimate of drug-likeness (QED) is 0.368. The summed E-state index contributed by atoms with van der Waals surface area (Å²) in [6.07, 6.45) is 0. The lowest BCUT2D eigenvalue weighted by Gasteiger charge is -2.30. The van der Waals surface area contributed by atoms with E-state index in [1.807, 2.05) is 62.4 Å². The summed E-state index contributed by atoms with van der Waals surface area (Å²) in [6.45, 7) is 4.47. The Morgan fingerprint density at radius 1 is 1.09 bits per heavy atom. The number of para-hydroxylation sites is 1. The third kappa shape index (κ3) is 4.60. The summed E-state index contributed by atoms with van der Waals surface area (Å²) in [5, 5.41) is 1.09. The normalized spacial score (nSPS) is 12.0. The van der Waals surface area contributed by atoms with Crippen molar-refractivity contribution in [1.29, 1.82) is 0 Å². The second-order valence-corrected chi connectivity index (χ2v) is 8.53. The van der Waals surface area contributed by atoms with E-state index >= 15 is 0 Å². The van der Waals surface area contributed by atoms with Gasteiger partial charge >= 0.3 is 0 Å². The zero-order valence-corrected chi connectivity index (χ0v) is 20.1. The van der Waals surface area contributed by atoms with Crippen LogP contribution >= 0.6 is 11.6 Å². The first-order valence-corrected chi connectivity index (χ1v) is 11.4. The molecule has 4 aromatic rings. The van der Waals surface area contributed by atoms with Crippen LogP contribution in [0.15, 0.2) is 77.6 Å². The summed E-state index contributed by atoms with van der Waals surface area (Å²) >= 11 is 6.19. The van der Waals surface area contributed by atoms with Crippen molar-refractivity contribution in [2.75, 3.05) is 20.3 Å². The summed E-state index contributed by atoms with van der Waals surface area (Å²) in [5.74, 6) is 0.307. The predicted octanol–water partition coefficient (Wildman–Crippen LogP) is 5.20. The fourth-order valence-corrected chi connectivity index (χ4v) is 4.31. The molecule has 3 aromatic carbocycles. The topological polar surface area (TPSA) is 64.4 Å². The van der Waals surface area contributed by atoms with Gasteiger partial charge in [0.15, 0.2) is 0 Å². The van der Waals surface area contributed by atoms with Crippen LogP contribution in [-0.2, 0) is 4.74 Å². The number of aromatic nitrogens is 2. The molecule has 0 spiro atoms. The molecule has 0 aliphatic carbocycles. The molecule has 0 radical (unpaired) electrons. The number of methoxy groups -OCH3 is 1. The maximum Gasteiger partial charge on any atom is 0.266 e. The minimum atomic E-state index is -0.518. The van der Waals surface area contributed by atoms with E-state index in [1.165, 1.54) is 0 Å². The Kier molecular flexibility index (Phi) is 7.10. The number of amides is 1. The molecule has 0 saturated heterocycles. The Hall–Kier alpha value is -3.48. The summed E-state index contributed by atoms with van der Waals surface area (Å²) < 4.78 is 6.88. The molecule has 0 N–H and O–H groups in total. The van der Waals surface area contributed by atoms with Gasteiger partial charge in [-0.25, -0.2) is 4.98 Å². The lowest BCUT2D eigenvalue weighted by molar-refractivity contribution is 0.0605. The van der Waals surface area contributed by atoms with Gasteiger partial charge in [-0.3, -0.25) is 14.2 Å². The lowest BCUT2D eigenvalue weighted by atomic mass is 10.1. The number of ether oxygens (including phenoxy) is 1. The van der Waals surface area contributed by atoms with E-state index in [-0.39, 0.29) is 11.5 Å². The van der Waals surface area contributed by atoms with Crippen LogP contribution in [0.3, 0.4) is 0 Å². The zero-order chi connectivity index (χ0) is 24.2. The molecule has 34 heavy (non-hydrogen) atoms. The highest BCUT2D eigenvalue weighted by Gasteiger charge is 2.28. The molecule has 1 atom stereocenters. The van der Waals surface area contributed by atoms with Crippen LogP contribution in [0.5, 0.6) is 0 Å². The van der Waals surface area contributed by atoms with Crippen molar-refractivity contribution in [3.05, 3.63) is 105 Å². The fraction of sp³-hybridized carbons (Fsp3) is 0.222. The molecule has 0 aliphatic rings. The van der Waals surface area contributed by atoms with Crippen LogP contribution in [0.2, 0.25) is 5.02 Å². The van der Waals surface area contributed by atoms with Crippen molar-refractivity contribution in [3.63, 3.8) is 0 Å². The SMILES string of the molecule is COCCN(C(=O)c1ccccc1)C(C)c1nc2ccccc2c(=O)n1-c1ccc(Cl)cc1C. The molecule has 6 nitrogen and oxygen atoms in total. The molecule has 7 heteroatoms. The molecule has 1 heterocycles. The largest absolute Gasteiger partial charge is 0.383 e. The molecule has 1 amide bonds. The van der Waals surface area contributed by atoms with Gasteiger partial charge < -0.3 is 9.64 Å². The number of halogens is 1. The molecule has 1 unspecified atom stereocenters. The highest BCUT2D eigenvalue weighted by molar-refractivity contribution is 6.30. The molecular weight excluding hydrogens is 450 g/mol. The van der Waals surface area contributed by atoms with Gasteiger partial charge in [0.1, 0.15) is 5.82 Å². The summed E-state index contributed by atoms with van der Waals surface area (Å²) in [6, 6.07) is 21.2. The standard InChI is InChI=1S/C27H26ClN3O3/c1-18-17-21(28)13-14-24(18)31-25(29-23-12-8-7-11-22(23)27(31)33)19(2)30(15-16-34-3)26(32)20-9-5-4-6-10-20/h4-14,17,19H,15-16H2,1-3H3. The van der Waals surface area contributed by atoms with Gasteiger partial charge in [0.2, 0.25) is 0 Å². The second kappa shape index (κ2) is 10.2. The number of rotatable bonds is 7. The van der Waals surface area contributed by atoms with Gasteiger partial charge in [-0.1, -0.05) is 41.9 Å². The van der Waals surface area contributed by atoms with Gasteiger partial charge in [-0.15, -0.1) is 0 Å². The Balaban J connectivity index is 1.93. The van der Waals surface area contributed by atoms with Crippen molar-refractivity contribution >= 4 is 28.4 Å². The predicted molar refractivity (Wildman–Crippen MR) is 135 cm³/mol. The monoisotopic (exact) mass is 475 g/mol. The molecule has 4 rings (SSSR count). The van der Waals surface area contributed by atoms with E-state index < -0.39 is 6.04 Å². The summed E-state index contributed by atoms with van der Waals surface area (Å²) in [4.78, 5) is 33.8. The maximum absolute atomic E-state index is 13.7. The molecule has 0 saturated carbocycles. The first-order chi connectivity index (χ1) is 16.4. The minimum Gasteiger partial charge on any atom is -0.383 e. The first-order valence-electron chi connectivity index (χ1n) is 11.1. The molecular formula is C27H26ClN3O3. The van der Waals surface area contributed by atoms with E-state index in [2.05, 4.69) is 0 Å². The number of benzene rings is 3. The van der Waals surface area contributed by atoms with Crippen molar-refractivity contribution in [3.8, 4) is 5.69 Å². The molecule has 174 valence electrons. The van der Waals surface area contributed by atoms with Crippen LogP contribution < -0.4 is 5.56 Å². The number of hydrogen-bond acceptors (Lipinski definition) is 4. The van der Waals surface area contributed by atoms with Crippen LogP contribution in [-0.4, -0.2) is 40.6 Å². The van der Waals surface area contributed by atoms with Crippen molar-refractivity contribution in [2.24, 2.45) is 0 Å². The van der Waals surface area contributed by atoms with Crippen LogP contribution in [0.1, 0.15) is 34.7 Å². The summed E-state index contributed by atoms with van der Waals surface area (Å²) in [7, 11) is 1.59. The second-order valence-electron chi connectivity index (χ2n) is 8.09. The van der Waals surface area contributed by atoms with Gasteiger partial charge in [0.25, 0.3) is 11.5 Å². The average molecular weight is 476 g/mol. The van der Waals surface area contributed by atoms with E-state index in [0.717, 1.165) is 5.56 Å². The number of hydrogen-bond donors (Lipinski definition) is 0. The molecule has 1 aromatic heterocycles. The van der Waals surface area contributed by atoms with E-state index in [1.54, 1.807) is 40.8 Å². The Morgan fingerprint density at radius 3 is 2.50 bits per heavy atom. The smallest absolute Gasteiger partial charge is 0.266 e. The lowest BCUT2D eigenvalue weighted by Crippen LogP contribution is -2.39. The zero-order valence-electron chi connectivity index (χ0n) is 19.4. The maximum atomic E-state index is 13.7. The van der Waals surface area contributed by atoms with E-state index in [0.29, 0.717) is 46.2 Å². The van der Waals surface area contributed by atoms with Gasteiger partial charge in [0.05, 0.1) is 29.2 Å². The number of fused-ring (bicyclic) bond motifs is 1. The van der Waals surface area contributed by atoms with Crippen molar-refractivity contribution < 1.29 is 9.53 Å². The van der Waals surface area contributed by atoms with Crippen LogP contribution in [0.25, 0.3) is 16.6 Å². The third-order valence-electron chi connectivity index (χ3n) is 5.86. The van der Waals surface area contributed by atoms with Crippen LogP contribution in [0, 0.1) is 6.92 Å². The number of carbonyl (C=O) groups is 1. The molecule has 0 aliphatic heterocycles. The number of aryl methyl sites for hydroxylation is 1. The van der Waals surface area contributed by atoms with Gasteiger partial charge in [0, 0.05) is 24.2 Å². The highest BCUT2D eigenvalue weighted by atomic mass is 35.5. The number of carbonyl (C=O) groups excluding carboxylic acids is 1. The highest BCUT2D eigenvalue weighted by Crippen LogP contribution is 2.26. The van der Waals surface area contributed by atoms with E-state index in [9.17, 15) is 9.59 Å². The fourth-order valence-electron chi connectivity index (χ4n) is 4.08. The Bertz CT molecular complexity index is 1390. The minimum absolute atomic E-state index is 0.160. The van der Waals surface area contributed by atoms with Crippen molar-refractivity contribution in [1.82, 2.24) is 14.5 Å². The van der Waals surface area contributed by atoms with Gasteiger partial charge in [-0.2, -0.15) is 0 Å². The Morgan fingerprint density at radius 2 is 1.79 bits per heavy atom. The van der Waals surface area contributed by atoms with Crippen LogP contribution in [0.4, 0.5) is 0 Å². The Labute approximate surface area is 203 Å². The molecule has 0 fully saturated rings. The van der Waals surface area contributed by atoms with Crippen molar-refractivity contribution in [2.45, 2.75) is 19.9 Å². The average Bonchev–Trinajstić information content (AvgIpc) is 2.85. The number of nitrogens with zero attached hydrogens (tertiary/aromatic N) is 3. The van der Waals surface area contributed by atoms with E-state index in [4.69, 9.17) is 21.3 Å². The van der Waals surface area contributed by atoms with Gasteiger partial charge in [-0.05, 0) is 61.9 Å².